The van der Waals surface area contributed by atoms with Crippen LogP contribution in [0, 0.1) is 11.3 Å². The third-order valence-electron chi connectivity index (χ3n) is 2.03. The monoisotopic (exact) mass is 277 g/mol. The van der Waals surface area contributed by atoms with Crippen molar-refractivity contribution in [1.29, 1.82) is 5.26 Å². The summed E-state index contributed by atoms with van der Waals surface area (Å²) in [5, 5.41) is 13.0. The van der Waals surface area contributed by atoms with Crippen molar-refractivity contribution in [2.24, 2.45) is 0 Å². The van der Waals surface area contributed by atoms with Gasteiger partial charge in [0.25, 0.3) is 0 Å². The molecular formula is C11H8BrN3O. The molecule has 2 aromatic rings. The summed E-state index contributed by atoms with van der Waals surface area (Å²) < 4.78 is 7.79. The molecule has 0 aliphatic carbocycles. The van der Waals surface area contributed by atoms with Crippen molar-refractivity contribution in [3.05, 3.63) is 41.2 Å². The van der Waals surface area contributed by atoms with E-state index in [1.165, 1.54) is 6.20 Å². The van der Waals surface area contributed by atoms with Gasteiger partial charge in [0, 0.05) is 4.47 Å². The van der Waals surface area contributed by atoms with E-state index in [0.29, 0.717) is 17.9 Å². The lowest BCUT2D eigenvalue weighted by atomic mass is 10.3. The molecule has 0 spiro atoms. The highest BCUT2D eigenvalue weighted by atomic mass is 79.9. The van der Waals surface area contributed by atoms with E-state index in [9.17, 15) is 0 Å². The molecule has 2 aromatic heterocycles. The molecule has 2 rings (SSSR count). The lowest BCUT2D eigenvalue weighted by molar-refractivity contribution is 0.360. The van der Waals surface area contributed by atoms with Gasteiger partial charge in [-0.15, -0.1) is 0 Å². The van der Waals surface area contributed by atoms with Crippen molar-refractivity contribution in [2.75, 3.05) is 6.61 Å². The van der Waals surface area contributed by atoms with Crippen LogP contribution in [0.25, 0.3) is 5.52 Å². The summed E-state index contributed by atoms with van der Waals surface area (Å²) in [6, 6.07) is 3.89. The number of hydrogen-bond acceptors (Lipinski definition) is 3. The minimum atomic E-state index is 0.435. The first-order chi connectivity index (χ1) is 7.76. The molecule has 0 radical (unpaired) electrons. The molecule has 2 heterocycles. The number of pyridine rings is 1. The molecule has 80 valence electrons. The fraction of sp³-hybridized carbons (Fsp3) is 0.0909. The van der Waals surface area contributed by atoms with Gasteiger partial charge in [-0.05, 0) is 22.0 Å². The quantitative estimate of drug-likeness (QED) is 0.811. The van der Waals surface area contributed by atoms with Crippen LogP contribution in [0.15, 0.2) is 35.6 Å². The van der Waals surface area contributed by atoms with Gasteiger partial charge in [0.15, 0.2) is 0 Å². The van der Waals surface area contributed by atoms with Crippen LogP contribution >= 0.6 is 15.9 Å². The predicted octanol–water partition coefficient (Wildman–Crippen LogP) is 2.53. The highest BCUT2D eigenvalue weighted by Gasteiger charge is 2.09. The van der Waals surface area contributed by atoms with Crippen LogP contribution in [-0.2, 0) is 0 Å². The highest BCUT2D eigenvalue weighted by molar-refractivity contribution is 9.10. The predicted molar refractivity (Wildman–Crippen MR) is 63.3 cm³/mol. The van der Waals surface area contributed by atoms with E-state index in [-0.39, 0.29) is 0 Å². The first-order valence-electron chi connectivity index (χ1n) is 4.57. The van der Waals surface area contributed by atoms with Crippen molar-refractivity contribution in [2.45, 2.75) is 0 Å². The normalized spacial score (nSPS) is 10.0. The van der Waals surface area contributed by atoms with E-state index in [1.807, 2.05) is 0 Å². The maximum absolute atomic E-state index is 8.89. The summed E-state index contributed by atoms with van der Waals surface area (Å²) in [5.41, 5.74) is 1.27. The number of fused-ring (bicyclic) bond motifs is 1. The lowest BCUT2D eigenvalue weighted by Gasteiger charge is -2.05. The Morgan fingerprint density at radius 3 is 3.19 bits per heavy atom. The van der Waals surface area contributed by atoms with E-state index in [0.717, 1.165) is 9.99 Å². The first kappa shape index (κ1) is 10.7. The number of nitrogens with zero attached hydrogens (tertiary/aromatic N) is 3. The molecule has 5 heteroatoms. The van der Waals surface area contributed by atoms with Crippen LogP contribution < -0.4 is 4.74 Å². The van der Waals surface area contributed by atoms with Crippen LogP contribution in [0.3, 0.4) is 0 Å². The minimum absolute atomic E-state index is 0.435. The van der Waals surface area contributed by atoms with Gasteiger partial charge < -0.3 is 4.74 Å². The molecule has 0 saturated carbocycles. The van der Waals surface area contributed by atoms with Gasteiger partial charge in [-0.25, -0.2) is 4.52 Å². The Labute approximate surface area is 101 Å². The molecule has 0 fully saturated rings. The average molecular weight is 278 g/mol. The molecule has 0 aromatic carbocycles. The fourth-order valence-corrected chi connectivity index (χ4v) is 1.99. The van der Waals surface area contributed by atoms with Crippen molar-refractivity contribution in [3.63, 3.8) is 0 Å². The third kappa shape index (κ3) is 1.79. The van der Waals surface area contributed by atoms with Gasteiger partial charge >= 0.3 is 0 Å². The second-order valence-electron chi connectivity index (χ2n) is 3.09. The zero-order chi connectivity index (χ0) is 11.5. The largest absolute Gasteiger partial charge is 0.488 e. The molecular weight excluding hydrogens is 270 g/mol. The number of nitriles is 1. The Balaban J connectivity index is 2.53. The van der Waals surface area contributed by atoms with E-state index >= 15 is 0 Å². The second-order valence-corrected chi connectivity index (χ2v) is 3.94. The minimum Gasteiger partial charge on any atom is -0.488 e. The van der Waals surface area contributed by atoms with Crippen molar-refractivity contribution in [1.82, 2.24) is 9.61 Å². The summed E-state index contributed by atoms with van der Waals surface area (Å²) in [7, 11) is 0. The van der Waals surface area contributed by atoms with Gasteiger partial charge in [0.05, 0.1) is 23.5 Å². The molecule has 0 aliphatic rings. The summed E-state index contributed by atoms with van der Waals surface area (Å²) in [4.78, 5) is 0. The van der Waals surface area contributed by atoms with E-state index < -0.39 is 0 Å². The molecule has 0 atom stereocenters. The van der Waals surface area contributed by atoms with Crippen LogP contribution in [0.1, 0.15) is 5.56 Å². The second kappa shape index (κ2) is 4.37. The SMILES string of the molecule is C=CCOc1cc(Br)c2c(C#N)cnn2c1. The third-order valence-corrected chi connectivity index (χ3v) is 2.63. The Morgan fingerprint density at radius 2 is 2.50 bits per heavy atom. The molecule has 0 saturated heterocycles. The van der Waals surface area contributed by atoms with Gasteiger partial charge in [-0.2, -0.15) is 10.4 Å². The summed E-state index contributed by atoms with van der Waals surface area (Å²) in [6.45, 7) is 4.01. The van der Waals surface area contributed by atoms with Crippen molar-refractivity contribution < 1.29 is 4.74 Å². The van der Waals surface area contributed by atoms with Crippen molar-refractivity contribution >= 4 is 21.4 Å². The Morgan fingerprint density at radius 1 is 1.69 bits per heavy atom. The summed E-state index contributed by atoms with van der Waals surface area (Å²) >= 11 is 3.39. The number of ether oxygens (including phenoxy) is 1. The smallest absolute Gasteiger partial charge is 0.139 e. The molecule has 4 nitrogen and oxygen atoms in total. The Hall–Kier alpha value is -1.80. The number of aromatic nitrogens is 2. The van der Waals surface area contributed by atoms with Crippen molar-refractivity contribution in [3.8, 4) is 11.8 Å². The molecule has 0 N–H and O–H groups in total. The van der Waals surface area contributed by atoms with E-state index in [4.69, 9.17) is 10.00 Å². The average Bonchev–Trinajstić information content (AvgIpc) is 2.69. The standard InChI is InChI=1S/C11H8BrN3O/c1-2-3-16-9-4-10(12)11-8(5-13)6-14-15(11)7-9/h2,4,6-7H,1,3H2. The van der Waals surface area contributed by atoms with Gasteiger partial charge in [0.2, 0.25) is 0 Å². The van der Waals surface area contributed by atoms with Crippen LogP contribution in [0.5, 0.6) is 5.75 Å². The zero-order valence-corrected chi connectivity index (χ0v) is 9.94. The highest BCUT2D eigenvalue weighted by Crippen LogP contribution is 2.26. The number of rotatable bonds is 3. The van der Waals surface area contributed by atoms with Gasteiger partial charge in [-0.1, -0.05) is 12.7 Å². The van der Waals surface area contributed by atoms with E-state index in [2.05, 4.69) is 33.7 Å². The van der Waals surface area contributed by atoms with Crippen LogP contribution in [0.4, 0.5) is 0 Å². The molecule has 0 aliphatic heterocycles. The van der Waals surface area contributed by atoms with Gasteiger partial charge in [0.1, 0.15) is 18.4 Å². The van der Waals surface area contributed by atoms with Crippen LogP contribution in [0.2, 0.25) is 0 Å². The first-order valence-corrected chi connectivity index (χ1v) is 5.36. The Bertz CT molecular complexity index is 583. The fourth-order valence-electron chi connectivity index (χ4n) is 1.37. The maximum atomic E-state index is 8.89. The maximum Gasteiger partial charge on any atom is 0.139 e. The summed E-state index contributed by atoms with van der Waals surface area (Å²) in [5.74, 6) is 0.673. The topological polar surface area (TPSA) is 50.3 Å². The van der Waals surface area contributed by atoms with Gasteiger partial charge in [-0.3, -0.25) is 0 Å². The van der Waals surface area contributed by atoms with E-state index in [1.54, 1.807) is 22.9 Å². The molecule has 0 amide bonds. The summed E-state index contributed by atoms with van der Waals surface area (Å²) in [6.07, 6.45) is 4.92. The molecule has 0 unspecified atom stereocenters. The molecule has 16 heavy (non-hydrogen) atoms. The van der Waals surface area contributed by atoms with Crippen LogP contribution in [-0.4, -0.2) is 16.2 Å². The number of halogens is 1. The lowest BCUT2D eigenvalue weighted by Crippen LogP contribution is -1.96. The zero-order valence-electron chi connectivity index (χ0n) is 8.35. The number of hydrogen-bond donors (Lipinski definition) is 0. The Kier molecular flexibility index (Phi) is 2.93. The molecule has 0 bridgehead atoms.